The maximum atomic E-state index is 12.4. The summed E-state index contributed by atoms with van der Waals surface area (Å²) in [6.45, 7) is 0.310. The van der Waals surface area contributed by atoms with Gasteiger partial charge in [0.25, 0.3) is 11.8 Å². The topological polar surface area (TPSA) is 92.6 Å². The van der Waals surface area contributed by atoms with E-state index < -0.39 is 0 Å². The first-order valence-corrected chi connectivity index (χ1v) is 9.13. The Morgan fingerprint density at radius 2 is 1.76 bits per heavy atom. The zero-order valence-electron chi connectivity index (χ0n) is 15.6. The third kappa shape index (κ3) is 5.43. The quantitative estimate of drug-likeness (QED) is 0.541. The van der Waals surface area contributed by atoms with Crippen LogP contribution >= 0.6 is 12.2 Å². The molecule has 2 aromatic carbocycles. The van der Waals surface area contributed by atoms with Crippen LogP contribution in [0.15, 0.2) is 71.3 Å². The lowest BCUT2D eigenvalue weighted by molar-refractivity contribution is 0.0946. The fourth-order valence-corrected chi connectivity index (χ4v) is 2.76. The Morgan fingerprint density at radius 3 is 2.45 bits per heavy atom. The predicted molar refractivity (Wildman–Crippen MR) is 113 cm³/mol. The highest BCUT2D eigenvalue weighted by molar-refractivity contribution is 7.80. The predicted octanol–water partition coefficient (Wildman–Crippen LogP) is 3.35. The normalized spacial score (nSPS) is 10.1. The first-order chi connectivity index (χ1) is 14.1. The van der Waals surface area contributed by atoms with Gasteiger partial charge in [0.05, 0.1) is 25.5 Å². The number of methoxy groups -OCH3 is 1. The van der Waals surface area contributed by atoms with Gasteiger partial charge in [0.2, 0.25) is 0 Å². The summed E-state index contributed by atoms with van der Waals surface area (Å²) in [4.78, 5) is 24.5. The average Bonchev–Trinajstić information content (AvgIpc) is 3.26. The monoisotopic (exact) mass is 409 g/mol. The minimum Gasteiger partial charge on any atom is -0.496 e. The number of benzene rings is 2. The summed E-state index contributed by atoms with van der Waals surface area (Å²) in [7, 11) is 1.50. The van der Waals surface area contributed by atoms with Crippen LogP contribution < -0.4 is 20.7 Å². The minimum atomic E-state index is -0.381. The van der Waals surface area contributed by atoms with Gasteiger partial charge >= 0.3 is 0 Å². The summed E-state index contributed by atoms with van der Waals surface area (Å²) >= 11 is 5.19. The van der Waals surface area contributed by atoms with Gasteiger partial charge in [0.15, 0.2) is 5.11 Å². The fourth-order valence-electron chi connectivity index (χ4n) is 2.55. The molecular formula is C21H19N3O4S. The third-order valence-electron chi connectivity index (χ3n) is 3.99. The Kier molecular flexibility index (Phi) is 6.59. The zero-order valence-corrected chi connectivity index (χ0v) is 16.4. The van der Waals surface area contributed by atoms with Gasteiger partial charge in [-0.05, 0) is 60.7 Å². The van der Waals surface area contributed by atoms with Crippen LogP contribution in [0.4, 0.5) is 5.69 Å². The lowest BCUT2D eigenvalue weighted by atomic mass is 10.2. The van der Waals surface area contributed by atoms with Gasteiger partial charge in [-0.1, -0.05) is 12.1 Å². The number of hydrogen-bond acceptors (Lipinski definition) is 5. The first kappa shape index (κ1) is 20.1. The summed E-state index contributed by atoms with van der Waals surface area (Å²) in [5, 5.41) is 8.42. The third-order valence-corrected chi connectivity index (χ3v) is 4.19. The summed E-state index contributed by atoms with van der Waals surface area (Å²) < 4.78 is 10.4. The summed E-state index contributed by atoms with van der Waals surface area (Å²) in [6, 6.07) is 17.1. The van der Waals surface area contributed by atoms with Gasteiger partial charge in [0.1, 0.15) is 11.5 Å². The molecule has 8 heteroatoms. The van der Waals surface area contributed by atoms with Crippen LogP contribution in [0.1, 0.15) is 26.5 Å². The molecule has 7 nitrogen and oxygen atoms in total. The molecule has 0 bridgehead atoms. The van der Waals surface area contributed by atoms with Gasteiger partial charge in [-0.15, -0.1) is 0 Å². The van der Waals surface area contributed by atoms with Crippen molar-refractivity contribution in [1.82, 2.24) is 10.6 Å². The van der Waals surface area contributed by atoms with Crippen molar-refractivity contribution in [3.8, 4) is 5.75 Å². The smallest absolute Gasteiger partial charge is 0.261 e. The van der Waals surface area contributed by atoms with E-state index >= 15 is 0 Å². The number of ether oxygens (including phenoxy) is 1. The van der Waals surface area contributed by atoms with Crippen molar-refractivity contribution in [1.29, 1.82) is 0 Å². The van der Waals surface area contributed by atoms with Crippen LogP contribution in [-0.4, -0.2) is 24.0 Å². The van der Waals surface area contributed by atoms with Gasteiger partial charge in [-0.2, -0.15) is 0 Å². The van der Waals surface area contributed by atoms with E-state index in [0.717, 1.165) is 0 Å². The molecule has 3 aromatic rings. The Hall–Kier alpha value is -3.65. The number of nitrogens with one attached hydrogen (secondary N) is 3. The zero-order chi connectivity index (χ0) is 20.6. The van der Waals surface area contributed by atoms with E-state index in [2.05, 4.69) is 16.0 Å². The summed E-state index contributed by atoms with van der Waals surface area (Å²) in [6.07, 6.45) is 1.55. The highest BCUT2D eigenvalue weighted by Gasteiger charge is 2.13. The Bertz CT molecular complexity index is 1000. The van der Waals surface area contributed by atoms with Crippen LogP contribution in [-0.2, 0) is 6.54 Å². The van der Waals surface area contributed by atoms with Crippen molar-refractivity contribution >= 4 is 34.8 Å². The lowest BCUT2D eigenvalue weighted by Gasteiger charge is -2.12. The lowest BCUT2D eigenvalue weighted by Crippen LogP contribution is -2.34. The molecule has 0 saturated carbocycles. The molecule has 3 N–H and O–H groups in total. The number of carbonyl (C=O) groups excluding carboxylic acids is 2. The second kappa shape index (κ2) is 9.52. The Labute approximate surface area is 173 Å². The molecule has 0 radical (unpaired) electrons. The molecule has 1 heterocycles. The van der Waals surface area contributed by atoms with E-state index in [9.17, 15) is 9.59 Å². The maximum absolute atomic E-state index is 12.4. The number of anilines is 1. The van der Waals surface area contributed by atoms with E-state index in [0.29, 0.717) is 34.9 Å². The number of hydrogen-bond donors (Lipinski definition) is 3. The van der Waals surface area contributed by atoms with E-state index in [-0.39, 0.29) is 16.9 Å². The maximum Gasteiger partial charge on any atom is 0.261 e. The average molecular weight is 409 g/mol. The number of carbonyl (C=O) groups is 2. The molecule has 0 atom stereocenters. The molecule has 0 fully saturated rings. The SMILES string of the molecule is COc1ccccc1C(=O)NC(=S)Nc1ccc(C(=O)NCc2ccco2)cc1. The standard InChI is InChI=1S/C21H19N3O4S/c1-27-18-7-3-2-6-17(18)20(26)24-21(29)23-15-10-8-14(9-11-15)19(25)22-13-16-5-4-12-28-16/h2-12H,13H2,1H3,(H,22,25)(H2,23,24,26,29). The molecule has 0 aliphatic carbocycles. The molecule has 3 rings (SSSR count). The molecule has 0 aliphatic heterocycles. The number of amides is 2. The highest BCUT2D eigenvalue weighted by Crippen LogP contribution is 2.17. The molecule has 0 spiro atoms. The van der Waals surface area contributed by atoms with Gasteiger partial charge in [-0.3, -0.25) is 14.9 Å². The van der Waals surface area contributed by atoms with Gasteiger partial charge in [0, 0.05) is 11.3 Å². The highest BCUT2D eigenvalue weighted by atomic mass is 32.1. The van der Waals surface area contributed by atoms with Crippen molar-refractivity contribution in [2.24, 2.45) is 0 Å². The van der Waals surface area contributed by atoms with E-state index in [1.165, 1.54) is 7.11 Å². The summed E-state index contributed by atoms with van der Waals surface area (Å²) in [5.41, 5.74) is 1.51. The van der Waals surface area contributed by atoms with Crippen molar-refractivity contribution in [2.75, 3.05) is 12.4 Å². The number of rotatable bonds is 6. The number of thiocarbonyl (C=S) groups is 1. The Balaban J connectivity index is 1.54. The molecule has 29 heavy (non-hydrogen) atoms. The van der Waals surface area contributed by atoms with Crippen molar-refractivity contribution in [3.63, 3.8) is 0 Å². The second-order valence-corrected chi connectivity index (χ2v) is 6.36. The fraction of sp³-hybridized carbons (Fsp3) is 0.0952. The second-order valence-electron chi connectivity index (χ2n) is 5.95. The van der Waals surface area contributed by atoms with Gasteiger partial charge in [-0.25, -0.2) is 0 Å². The molecule has 2 amide bonds. The van der Waals surface area contributed by atoms with Crippen LogP contribution in [0.3, 0.4) is 0 Å². The molecule has 148 valence electrons. The number of furan rings is 1. The van der Waals surface area contributed by atoms with Crippen molar-refractivity contribution in [3.05, 3.63) is 83.8 Å². The van der Waals surface area contributed by atoms with Gasteiger partial charge < -0.3 is 19.8 Å². The molecule has 1 aromatic heterocycles. The van der Waals surface area contributed by atoms with Crippen LogP contribution in [0.2, 0.25) is 0 Å². The largest absolute Gasteiger partial charge is 0.496 e. The summed E-state index contributed by atoms with van der Waals surface area (Å²) in [5.74, 6) is 0.527. The van der Waals surface area contributed by atoms with E-state index in [4.69, 9.17) is 21.4 Å². The minimum absolute atomic E-state index is 0.135. The molecule has 0 saturated heterocycles. The molecule has 0 unspecified atom stereocenters. The van der Waals surface area contributed by atoms with Crippen LogP contribution in [0.25, 0.3) is 0 Å². The first-order valence-electron chi connectivity index (χ1n) is 8.73. The molecule has 0 aliphatic rings. The van der Waals surface area contributed by atoms with Crippen LogP contribution in [0, 0.1) is 0 Å². The Morgan fingerprint density at radius 1 is 1.00 bits per heavy atom. The van der Waals surface area contributed by atoms with Crippen molar-refractivity contribution < 1.29 is 18.7 Å². The van der Waals surface area contributed by atoms with E-state index in [1.54, 1.807) is 66.9 Å². The molecular weight excluding hydrogens is 390 g/mol. The van der Waals surface area contributed by atoms with E-state index in [1.807, 2.05) is 0 Å². The number of para-hydroxylation sites is 1. The van der Waals surface area contributed by atoms with Crippen LogP contribution in [0.5, 0.6) is 5.75 Å². The van der Waals surface area contributed by atoms with Crippen molar-refractivity contribution in [2.45, 2.75) is 6.54 Å².